The molecular weight excluding hydrogens is 302 g/mol. The van der Waals surface area contributed by atoms with Gasteiger partial charge < -0.3 is 10.0 Å². The van der Waals surface area contributed by atoms with Crippen LogP contribution in [0.2, 0.25) is 0 Å². The van der Waals surface area contributed by atoms with Crippen molar-refractivity contribution in [2.45, 2.75) is 26.1 Å². The number of benzene rings is 2. The summed E-state index contributed by atoms with van der Waals surface area (Å²) in [6, 6.07) is 14.6. The molecule has 1 aliphatic heterocycles. The molecule has 0 amide bonds. The van der Waals surface area contributed by atoms with Gasteiger partial charge in [0, 0.05) is 17.6 Å². The Bertz CT molecular complexity index is 584. The van der Waals surface area contributed by atoms with E-state index in [0.717, 1.165) is 23.1 Å². The average molecular weight is 318 g/mol. The first kappa shape index (κ1) is 12.7. The molecule has 0 aliphatic carbocycles. The van der Waals surface area contributed by atoms with Gasteiger partial charge in [-0.1, -0.05) is 30.3 Å². The molecule has 0 spiro atoms. The van der Waals surface area contributed by atoms with Crippen LogP contribution in [0.15, 0.2) is 46.9 Å². The van der Waals surface area contributed by atoms with Gasteiger partial charge in [0.25, 0.3) is 0 Å². The van der Waals surface area contributed by atoms with E-state index in [2.05, 4.69) is 51.2 Å². The van der Waals surface area contributed by atoms with E-state index in [1.807, 2.05) is 12.1 Å². The standard InChI is InChI=1S/C16H16BrNO/c1-11(19)12-6-7-16(15(17)8-12)18-9-13-4-2-3-5-14(13)10-18/h2-8,11,19H,9-10H2,1H3/t11-/m1/s1. The highest BCUT2D eigenvalue weighted by Gasteiger charge is 2.20. The van der Waals surface area contributed by atoms with Crippen molar-refractivity contribution in [2.75, 3.05) is 4.90 Å². The lowest BCUT2D eigenvalue weighted by Gasteiger charge is -2.20. The molecule has 0 bridgehead atoms. The molecule has 3 heteroatoms. The highest BCUT2D eigenvalue weighted by molar-refractivity contribution is 9.10. The number of aliphatic hydroxyl groups is 1. The minimum atomic E-state index is -0.430. The molecule has 1 heterocycles. The largest absolute Gasteiger partial charge is 0.389 e. The van der Waals surface area contributed by atoms with Gasteiger partial charge in [-0.15, -0.1) is 0 Å². The van der Waals surface area contributed by atoms with Crippen molar-refractivity contribution >= 4 is 21.6 Å². The van der Waals surface area contributed by atoms with Crippen LogP contribution in [-0.2, 0) is 13.1 Å². The third-order valence-corrected chi connectivity index (χ3v) is 4.27. The predicted octanol–water partition coefficient (Wildman–Crippen LogP) is 4.02. The molecule has 0 unspecified atom stereocenters. The lowest BCUT2D eigenvalue weighted by atomic mass is 10.1. The van der Waals surface area contributed by atoms with E-state index in [1.165, 1.54) is 16.8 Å². The van der Waals surface area contributed by atoms with Crippen LogP contribution in [0.1, 0.15) is 29.7 Å². The van der Waals surface area contributed by atoms with Gasteiger partial charge >= 0.3 is 0 Å². The number of hydrogen-bond donors (Lipinski definition) is 1. The molecule has 0 radical (unpaired) electrons. The van der Waals surface area contributed by atoms with Crippen LogP contribution < -0.4 is 4.90 Å². The molecule has 1 N–H and O–H groups in total. The number of hydrogen-bond acceptors (Lipinski definition) is 2. The van der Waals surface area contributed by atoms with Crippen molar-refractivity contribution in [2.24, 2.45) is 0 Å². The summed E-state index contributed by atoms with van der Waals surface area (Å²) in [5.41, 5.74) is 4.91. The highest BCUT2D eigenvalue weighted by atomic mass is 79.9. The summed E-state index contributed by atoms with van der Waals surface area (Å²) in [6.07, 6.45) is -0.430. The molecule has 1 atom stereocenters. The van der Waals surface area contributed by atoms with Crippen molar-refractivity contribution in [3.05, 3.63) is 63.6 Å². The molecule has 19 heavy (non-hydrogen) atoms. The van der Waals surface area contributed by atoms with Gasteiger partial charge in [0.2, 0.25) is 0 Å². The molecular formula is C16H16BrNO. The Balaban J connectivity index is 1.89. The first-order valence-electron chi connectivity index (χ1n) is 6.44. The zero-order valence-electron chi connectivity index (χ0n) is 10.8. The smallest absolute Gasteiger partial charge is 0.0762 e. The van der Waals surface area contributed by atoms with E-state index >= 15 is 0 Å². The summed E-state index contributed by atoms with van der Waals surface area (Å²) in [7, 11) is 0. The Kier molecular flexibility index (Phi) is 3.33. The third kappa shape index (κ3) is 2.40. The Labute approximate surface area is 121 Å². The molecule has 2 nitrogen and oxygen atoms in total. The van der Waals surface area contributed by atoms with E-state index in [4.69, 9.17) is 0 Å². The van der Waals surface area contributed by atoms with Gasteiger partial charge in [-0.25, -0.2) is 0 Å². The van der Waals surface area contributed by atoms with Crippen LogP contribution in [0.4, 0.5) is 5.69 Å². The fraction of sp³-hybridized carbons (Fsp3) is 0.250. The quantitative estimate of drug-likeness (QED) is 0.904. The second kappa shape index (κ2) is 4.99. The van der Waals surface area contributed by atoms with Crippen molar-refractivity contribution in [1.29, 1.82) is 0 Å². The van der Waals surface area contributed by atoms with Crippen LogP contribution in [0, 0.1) is 0 Å². The highest BCUT2D eigenvalue weighted by Crippen LogP contribution is 2.34. The monoisotopic (exact) mass is 317 g/mol. The fourth-order valence-electron chi connectivity index (χ4n) is 2.54. The van der Waals surface area contributed by atoms with Crippen molar-refractivity contribution in [1.82, 2.24) is 0 Å². The normalized spacial score (nSPS) is 15.4. The summed E-state index contributed by atoms with van der Waals surface area (Å²) in [6.45, 7) is 3.68. The summed E-state index contributed by atoms with van der Waals surface area (Å²) < 4.78 is 1.04. The maximum atomic E-state index is 9.61. The second-order valence-electron chi connectivity index (χ2n) is 5.01. The van der Waals surface area contributed by atoms with Gasteiger partial charge in [-0.3, -0.25) is 0 Å². The number of anilines is 1. The first-order chi connectivity index (χ1) is 9.15. The summed E-state index contributed by atoms with van der Waals surface area (Å²) in [5, 5.41) is 9.61. The SMILES string of the molecule is C[C@@H](O)c1ccc(N2Cc3ccccc3C2)c(Br)c1. The van der Waals surface area contributed by atoms with Gasteiger partial charge in [-0.2, -0.15) is 0 Å². The van der Waals surface area contributed by atoms with E-state index < -0.39 is 6.10 Å². The van der Waals surface area contributed by atoms with Crippen LogP contribution in [0.5, 0.6) is 0 Å². The predicted molar refractivity (Wildman–Crippen MR) is 81.1 cm³/mol. The van der Waals surface area contributed by atoms with Gasteiger partial charge in [0.15, 0.2) is 0 Å². The Hall–Kier alpha value is -1.32. The molecule has 2 aromatic carbocycles. The molecule has 2 aromatic rings. The van der Waals surface area contributed by atoms with E-state index in [0.29, 0.717) is 0 Å². The van der Waals surface area contributed by atoms with Crippen molar-refractivity contribution in [3.8, 4) is 0 Å². The Morgan fingerprint density at radius 1 is 1.11 bits per heavy atom. The Morgan fingerprint density at radius 2 is 1.74 bits per heavy atom. The van der Waals surface area contributed by atoms with Crippen LogP contribution in [0.25, 0.3) is 0 Å². The maximum absolute atomic E-state index is 9.61. The van der Waals surface area contributed by atoms with Gasteiger partial charge in [-0.05, 0) is 51.7 Å². The summed E-state index contributed by atoms with van der Waals surface area (Å²) >= 11 is 3.62. The number of fused-ring (bicyclic) bond motifs is 1. The van der Waals surface area contributed by atoms with Crippen molar-refractivity contribution in [3.63, 3.8) is 0 Å². The summed E-state index contributed by atoms with van der Waals surface area (Å²) in [4.78, 5) is 2.35. The lowest BCUT2D eigenvalue weighted by molar-refractivity contribution is 0.199. The molecule has 0 aromatic heterocycles. The maximum Gasteiger partial charge on any atom is 0.0762 e. The third-order valence-electron chi connectivity index (χ3n) is 3.64. The minimum absolute atomic E-state index is 0.430. The molecule has 0 fully saturated rings. The Morgan fingerprint density at radius 3 is 2.26 bits per heavy atom. The molecule has 1 aliphatic rings. The average Bonchev–Trinajstić information content (AvgIpc) is 2.81. The molecule has 0 saturated heterocycles. The number of aliphatic hydroxyl groups excluding tert-OH is 1. The number of halogens is 1. The second-order valence-corrected chi connectivity index (χ2v) is 5.87. The molecule has 0 saturated carbocycles. The molecule has 98 valence electrons. The zero-order chi connectivity index (χ0) is 13.4. The van der Waals surface area contributed by atoms with Crippen LogP contribution in [0.3, 0.4) is 0 Å². The lowest BCUT2D eigenvalue weighted by Crippen LogP contribution is -2.15. The van der Waals surface area contributed by atoms with E-state index in [1.54, 1.807) is 6.92 Å². The van der Waals surface area contributed by atoms with Crippen LogP contribution in [-0.4, -0.2) is 5.11 Å². The summed E-state index contributed by atoms with van der Waals surface area (Å²) in [5.74, 6) is 0. The van der Waals surface area contributed by atoms with Crippen LogP contribution >= 0.6 is 15.9 Å². The van der Waals surface area contributed by atoms with Gasteiger partial charge in [0.1, 0.15) is 0 Å². The minimum Gasteiger partial charge on any atom is -0.389 e. The van der Waals surface area contributed by atoms with E-state index in [9.17, 15) is 5.11 Å². The van der Waals surface area contributed by atoms with E-state index in [-0.39, 0.29) is 0 Å². The van der Waals surface area contributed by atoms with Gasteiger partial charge in [0.05, 0.1) is 11.8 Å². The first-order valence-corrected chi connectivity index (χ1v) is 7.23. The molecule has 3 rings (SSSR count). The fourth-order valence-corrected chi connectivity index (χ4v) is 3.19. The zero-order valence-corrected chi connectivity index (χ0v) is 12.4. The topological polar surface area (TPSA) is 23.5 Å². The number of rotatable bonds is 2. The number of nitrogens with zero attached hydrogens (tertiary/aromatic N) is 1. The van der Waals surface area contributed by atoms with Crippen molar-refractivity contribution < 1.29 is 5.11 Å².